The zero-order valence-corrected chi connectivity index (χ0v) is 8.45. The smallest absolute Gasteiger partial charge is 0.334 e. The molecule has 0 radical (unpaired) electrons. The van der Waals surface area contributed by atoms with Crippen LogP contribution < -0.4 is 0 Å². The highest BCUT2D eigenvalue weighted by Crippen LogP contribution is 2.29. The topological polar surface area (TPSA) is 69.4 Å². The minimum Gasteiger partial charge on any atom is -0.462 e. The number of nitro groups is 1. The van der Waals surface area contributed by atoms with Gasteiger partial charge in [0, 0.05) is 12.0 Å². The molecule has 2 rings (SSSR count). The zero-order chi connectivity index (χ0) is 10.8. The van der Waals surface area contributed by atoms with Gasteiger partial charge in [0.05, 0.1) is 17.1 Å². The molecule has 6 heteroatoms. The van der Waals surface area contributed by atoms with E-state index >= 15 is 0 Å². The molecule has 0 saturated carbocycles. The Hall–Kier alpha value is -1.69. The van der Waals surface area contributed by atoms with Gasteiger partial charge in [-0.15, -0.1) is 0 Å². The van der Waals surface area contributed by atoms with Crippen molar-refractivity contribution in [2.75, 3.05) is 6.61 Å². The Morgan fingerprint density at radius 3 is 3.00 bits per heavy atom. The fourth-order valence-corrected chi connectivity index (χ4v) is 2.03. The van der Waals surface area contributed by atoms with E-state index in [1.165, 1.54) is 6.08 Å². The molecule has 1 saturated heterocycles. The van der Waals surface area contributed by atoms with Crippen LogP contribution >= 0.6 is 11.3 Å². The summed E-state index contributed by atoms with van der Waals surface area (Å²) in [5, 5.41) is 12.3. The van der Waals surface area contributed by atoms with Gasteiger partial charge >= 0.3 is 11.0 Å². The van der Waals surface area contributed by atoms with Crippen molar-refractivity contribution >= 4 is 28.4 Å². The fourth-order valence-electron chi connectivity index (χ4n) is 1.34. The maximum atomic E-state index is 11.1. The first-order valence-corrected chi connectivity index (χ1v) is 5.16. The monoisotopic (exact) mass is 225 g/mol. The number of carbonyl (C=O) groups is 1. The summed E-state index contributed by atoms with van der Waals surface area (Å²) in [6, 6.07) is 1.63. The highest BCUT2D eigenvalue weighted by molar-refractivity contribution is 7.13. The van der Waals surface area contributed by atoms with Crippen molar-refractivity contribution in [3.05, 3.63) is 32.7 Å². The molecular formula is C9H7NO4S. The predicted octanol–water partition coefficient (Wildman–Crippen LogP) is 1.99. The van der Waals surface area contributed by atoms with E-state index in [1.807, 2.05) is 0 Å². The Morgan fingerprint density at radius 1 is 1.60 bits per heavy atom. The summed E-state index contributed by atoms with van der Waals surface area (Å²) in [6.45, 7) is 0.364. The lowest BCUT2D eigenvalue weighted by atomic mass is 10.1. The first kappa shape index (κ1) is 9.85. The Morgan fingerprint density at radius 2 is 2.40 bits per heavy atom. The third-order valence-corrected chi connectivity index (χ3v) is 2.92. The summed E-state index contributed by atoms with van der Waals surface area (Å²) in [4.78, 5) is 21.3. The summed E-state index contributed by atoms with van der Waals surface area (Å²) in [5.41, 5.74) is 0.968. The van der Waals surface area contributed by atoms with E-state index in [4.69, 9.17) is 4.74 Å². The Labute approximate surface area is 89.1 Å². The summed E-state index contributed by atoms with van der Waals surface area (Å²) in [7, 11) is 0. The molecule has 1 aliphatic heterocycles. The van der Waals surface area contributed by atoms with E-state index in [2.05, 4.69) is 0 Å². The van der Waals surface area contributed by atoms with Crippen LogP contribution in [0.25, 0.3) is 6.08 Å². The van der Waals surface area contributed by atoms with Gasteiger partial charge in [0.1, 0.15) is 0 Å². The molecule has 0 bridgehead atoms. The Bertz CT molecular complexity index is 449. The predicted molar refractivity (Wildman–Crippen MR) is 54.5 cm³/mol. The normalized spacial score (nSPS) is 18.1. The SMILES string of the molecule is O=C1OCC/C1=C\c1ccsc1[N+](=O)[O-]. The van der Waals surface area contributed by atoms with Crippen molar-refractivity contribution in [2.45, 2.75) is 6.42 Å². The number of hydrogen-bond acceptors (Lipinski definition) is 5. The molecule has 0 amide bonds. The molecule has 0 atom stereocenters. The van der Waals surface area contributed by atoms with Gasteiger partial charge in [-0.2, -0.15) is 0 Å². The molecule has 2 heterocycles. The van der Waals surface area contributed by atoms with Gasteiger partial charge in [-0.1, -0.05) is 11.3 Å². The second-order valence-electron chi connectivity index (χ2n) is 2.99. The van der Waals surface area contributed by atoms with E-state index in [-0.39, 0.29) is 11.0 Å². The average Bonchev–Trinajstić information content (AvgIpc) is 2.77. The van der Waals surface area contributed by atoms with Gasteiger partial charge in [0.25, 0.3) is 0 Å². The lowest BCUT2D eigenvalue weighted by Crippen LogP contribution is -1.94. The number of carbonyl (C=O) groups excluding carboxylic acids is 1. The largest absolute Gasteiger partial charge is 0.462 e. The molecule has 0 unspecified atom stereocenters. The number of esters is 1. The second-order valence-corrected chi connectivity index (χ2v) is 3.89. The number of rotatable bonds is 2. The molecule has 15 heavy (non-hydrogen) atoms. The third kappa shape index (κ3) is 1.89. The molecule has 0 aliphatic carbocycles. The lowest BCUT2D eigenvalue weighted by Gasteiger charge is -1.91. The summed E-state index contributed by atoms with van der Waals surface area (Å²) in [6.07, 6.45) is 2.05. The molecule has 0 spiro atoms. The van der Waals surface area contributed by atoms with Crippen molar-refractivity contribution in [3.63, 3.8) is 0 Å². The number of cyclic esters (lactones) is 1. The standard InChI is InChI=1S/C9H7NO4S/c11-9-7(1-3-14-9)5-6-2-4-15-8(6)10(12)13/h2,4-5H,1,3H2/b7-5+. The Balaban J connectivity index is 2.34. The van der Waals surface area contributed by atoms with E-state index in [0.29, 0.717) is 24.2 Å². The molecule has 1 aromatic rings. The van der Waals surface area contributed by atoms with E-state index in [1.54, 1.807) is 11.4 Å². The number of ether oxygens (including phenoxy) is 1. The quantitative estimate of drug-likeness (QED) is 0.334. The van der Waals surface area contributed by atoms with Crippen molar-refractivity contribution in [1.29, 1.82) is 0 Å². The first-order chi connectivity index (χ1) is 7.18. The van der Waals surface area contributed by atoms with Crippen molar-refractivity contribution in [3.8, 4) is 0 Å². The average molecular weight is 225 g/mol. The van der Waals surface area contributed by atoms with Crippen LogP contribution in [0.5, 0.6) is 0 Å². The van der Waals surface area contributed by atoms with Gasteiger partial charge in [0.15, 0.2) is 0 Å². The van der Waals surface area contributed by atoms with Crippen LogP contribution in [0.3, 0.4) is 0 Å². The third-order valence-electron chi connectivity index (χ3n) is 2.04. The molecule has 1 fully saturated rings. The van der Waals surface area contributed by atoms with E-state index in [0.717, 1.165) is 11.3 Å². The van der Waals surface area contributed by atoms with Crippen LogP contribution in [-0.4, -0.2) is 17.5 Å². The molecule has 0 N–H and O–H groups in total. The maximum Gasteiger partial charge on any atom is 0.334 e. The zero-order valence-electron chi connectivity index (χ0n) is 7.63. The summed E-state index contributed by atoms with van der Waals surface area (Å²) in [5.74, 6) is -0.379. The van der Waals surface area contributed by atoms with Crippen LogP contribution in [-0.2, 0) is 9.53 Å². The molecule has 0 aromatic carbocycles. The summed E-state index contributed by atoms with van der Waals surface area (Å²) < 4.78 is 4.74. The van der Waals surface area contributed by atoms with Gasteiger partial charge in [-0.3, -0.25) is 10.1 Å². The van der Waals surface area contributed by atoms with Crippen LogP contribution in [0.1, 0.15) is 12.0 Å². The Kier molecular flexibility index (Phi) is 2.51. The van der Waals surface area contributed by atoms with E-state index in [9.17, 15) is 14.9 Å². The minimum atomic E-state index is -0.447. The lowest BCUT2D eigenvalue weighted by molar-refractivity contribution is -0.380. The maximum absolute atomic E-state index is 11.1. The van der Waals surface area contributed by atoms with Crippen molar-refractivity contribution in [2.24, 2.45) is 0 Å². The van der Waals surface area contributed by atoms with Crippen LogP contribution in [0.15, 0.2) is 17.0 Å². The molecule has 1 aliphatic rings. The van der Waals surface area contributed by atoms with Gasteiger partial charge in [-0.25, -0.2) is 4.79 Å². The van der Waals surface area contributed by atoms with Gasteiger partial charge in [-0.05, 0) is 17.5 Å². The van der Waals surface area contributed by atoms with Gasteiger partial charge in [0.2, 0.25) is 0 Å². The minimum absolute atomic E-state index is 0.0576. The molecule has 5 nitrogen and oxygen atoms in total. The fraction of sp³-hybridized carbons (Fsp3) is 0.222. The van der Waals surface area contributed by atoms with Gasteiger partial charge < -0.3 is 4.74 Å². The first-order valence-electron chi connectivity index (χ1n) is 4.28. The second kappa shape index (κ2) is 3.82. The highest BCUT2D eigenvalue weighted by Gasteiger charge is 2.21. The number of nitrogens with zero attached hydrogens (tertiary/aromatic N) is 1. The van der Waals surface area contributed by atoms with Crippen LogP contribution in [0, 0.1) is 10.1 Å². The van der Waals surface area contributed by atoms with Crippen molar-refractivity contribution in [1.82, 2.24) is 0 Å². The molecule has 78 valence electrons. The van der Waals surface area contributed by atoms with Crippen LogP contribution in [0.2, 0.25) is 0 Å². The molecular weight excluding hydrogens is 218 g/mol. The van der Waals surface area contributed by atoms with Crippen molar-refractivity contribution < 1.29 is 14.5 Å². The highest BCUT2D eigenvalue weighted by atomic mass is 32.1. The van der Waals surface area contributed by atoms with Crippen LogP contribution in [0.4, 0.5) is 5.00 Å². The van der Waals surface area contributed by atoms with E-state index < -0.39 is 4.92 Å². The number of hydrogen-bond donors (Lipinski definition) is 0. The molecule has 1 aromatic heterocycles. The number of thiophene rings is 1. The summed E-state index contributed by atoms with van der Waals surface area (Å²) >= 11 is 1.05.